The van der Waals surface area contributed by atoms with Crippen molar-refractivity contribution in [3.8, 4) is 5.75 Å². The minimum atomic E-state index is -0.308. The van der Waals surface area contributed by atoms with Crippen molar-refractivity contribution in [2.75, 3.05) is 13.4 Å². The van der Waals surface area contributed by atoms with Crippen molar-refractivity contribution in [2.45, 2.75) is 18.2 Å². The van der Waals surface area contributed by atoms with Gasteiger partial charge in [-0.3, -0.25) is 4.79 Å². The van der Waals surface area contributed by atoms with Gasteiger partial charge in [-0.05, 0) is 30.9 Å². The number of amides is 1. The van der Waals surface area contributed by atoms with Gasteiger partial charge in [-0.2, -0.15) is 11.8 Å². The van der Waals surface area contributed by atoms with Gasteiger partial charge in [0.15, 0.2) is 0 Å². The smallest absolute Gasteiger partial charge is 0.233 e. The Morgan fingerprint density at radius 2 is 2.23 bits per heavy atom. The number of imidazole rings is 1. The van der Waals surface area contributed by atoms with Gasteiger partial charge < -0.3 is 14.6 Å². The molecule has 2 aromatic rings. The predicted molar refractivity (Wildman–Crippen MR) is 89.2 cm³/mol. The summed E-state index contributed by atoms with van der Waals surface area (Å²) >= 11 is 1.52. The van der Waals surface area contributed by atoms with Gasteiger partial charge in [0.1, 0.15) is 17.6 Å². The van der Waals surface area contributed by atoms with Crippen molar-refractivity contribution in [1.82, 2.24) is 14.9 Å². The number of aromatic nitrogens is 2. The van der Waals surface area contributed by atoms with Crippen LogP contribution in [0.25, 0.3) is 0 Å². The summed E-state index contributed by atoms with van der Waals surface area (Å²) in [5.74, 6) is 1.53. The minimum absolute atomic E-state index is 0.0108. The molecule has 0 bridgehead atoms. The lowest BCUT2D eigenvalue weighted by Crippen LogP contribution is -2.36. The van der Waals surface area contributed by atoms with Gasteiger partial charge in [-0.15, -0.1) is 0 Å². The van der Waals surface area contributed by atoms with E-state index in [1.54, 1.807) is 13.3 Å². The standard InChI is InChI=1S/C16H21N3O2S/c1-11(22-4)16(20)18-14(15-17-8-9-19(15)2)12-6-5-7-13(10-12)21-3/h5-11,14H,1-4H3,(H,18,20)/t11-,14+/m0/s1. The number of ether oxygens (including phenoxy) is 1. The maximum absolute atomic E-state index is 12.3. The van der Waals surface area contributed by atoms with E-state index in [9.17, 15) is 4.79 Å². The Balaban J connectivity index is 2.37. The monoisotopic (exact) mass is 319 g/mol. The highest BCUT2D eigenvalue weighted by atomic mass is 32.2. The van der Waals surface area contributed by atoms with Crippen LogP contribution in [0.5, 0.6) is 5.75 Å². The van der Waals surface area contributed by atoms with Crippen LogP contribution in [0.3, 0.4) is 0 Å². The zero-order valence-electron chi connectivity index (χ0n) is 13.2. The molecule has 22 heavy (non-hydrogen) atoms. The highest BCUT2D eigenvalue weighted by Crippen LogP contribution is 2.24. The number of hydrogen-bond acceptors (Lipinski definition) is 4. The topological polar surface area (TPSA) is 56.1 Å². The highest BCUT2D eigenvalue weighted by Gasteiger charge is 2.23. The molecule has 1 amide bonds. The molecule has 6 heteroatoms. The van der Waals surface area contributed by atoms with Gasteiger partial charge >= 0.3 is 0 Å². The number of benzene rings is 1. The third kappa shape index (κ3) is 3.62. The number of aryl methyl sites for hydroxylation is 1. The van der Waals surface area contributed by atoms with E-state index in [-0.39, 0.29) is 17.2 Å². The summed E-state index contributed by atoms with van der Waals surface area (Å²) in [7, 11) is 3.54. The number of thioether (sulfide) groups is 1. The predicted octanol–water partition coefficient (Wildman–Crippen LogP) is 2.39. The van der Waals surface area contributed by atoms with E-state index in [1.807, 2.05) is 55.3 Å². The summed E-state index contributed by atoms with van der Waals surface area (Å²) in [6.07, 6.45) is 5.52. The fraction of sp³-hybridized carbons (Fsp3) is 0.375. The molecule has 1 aromatic heterocycles. The van der Waals surface area contributed by atoms with Crippen molar-refractivity contribution in [3.05, 3.63) is 48.0 Å². The number of methoxy groups -OCH3 is 1. The van der Waals surface area contributed by atoms with Crippen LogP contribution in [0.15, 0.2) is 36.7 Å². The molecule has 2 rings (SSSR count). The molecule has 118 valence electrons. The second-order valence-electron chi connectivity index (χ2n) is 4.99. The Labute approximate surface area is 135 Å². The van der Waals surface area contributed by atoms with Crippen LogP contribution >= 0.6 is 11.8 Å². The first-order valence-corrected chi connectivity index (χ1v) is 8.30. The molecule has 1 N–H and O–H groups in total. The van der Waals surface area contributed by atoms with Crippen LogP contribution in [-0.2, 0) is 11.8 Å². The molecule has 2 atom stereocenters. The number of nitrogens with zero attached hydrogens (tertiary/aromatic N) is 2. The largest absolute Gasteiger partial charge is 0.497 e. The van der Waals surface area contributed by atoms with Crippen LogP contribution in [0.1, 0.15) is 24.4 Å². The van der Waals surface area contributed by atoms with Crippen LogP contribution in [0.4, 0.5) is 0 Å². The molecule has 0 spiro atoms. The fourth-order valence-electron chi connectivity index (χ4n) is 2.14. The zero-order chi connectivity index (χ0) is 16.1. The molecule has 1 aromatic carbocycles. The maximum atomic E-state index is 12.3. The first-order chi connectivity index (χ1) is 10.6. The molecule has 0 radical (unpaired) electrons. The second-order valence-corrected chi connectivity index (χ2v) is 6.17. The Kier molecular flexibility index (Phi) is 5.49. The van der Waals surface area contributed by atoms with Gasteiger partial charge in [-0.1, -0.05) is 12.1 Å². The number of nitrogens with one attached hydrogen (secondary N) is 1. The summed E-state index contributed by atoms with van der Waals surface area (Å²) < 4.78 is 7.19. The molecule has 0 fully saturated rings. The lowest BCUT2D eigenvalue weighted by Gasteiger charge is -2.21. The lowest BCUT2D eigenvalue weighted by atomic mass is 10.1. The Morgan fingerprint density at radius 1 is 1.45 bits per heavy atom. The summed E-state index contributed by atoms with van der Waals surface area (Å²) in [5.41, 5.74) is 0.940. The SMILES string of the molecule is COc1cccc([C@@H](NC(=O)[C@H](C)SC)c2nccn2C)c1. The van der Waals surface area contributed by atoms with Crippen LogP contribution in [0, 0.1) is 0 Å². The van der Waals surface area contributed by atoms with E-state index in [0.717, 1.165) is 17.1 Å². The molecule has 0 aliphatic heterocycles. The lowest BCUT2D eigenvalue weighted by molar-refractivity contribution is -0.120. The average molecular weight is 319 g/mol. The molecule has 0 aliphatic carbocycles. The third-order valence-corrected chi connectivity index (χ3v) is 4.47. The van der Waals surface area contributed by atoms with Gasteiger partial charge in [0.2, 0.25) is 5.91 Å². The van der Waals surface area contributed by atoms with Crippen LogP contribution in [0.2, 0.25) is 0 Å². The van der Waals surface area contributed by atoms with E-state index in [2.05, 4.69) is 10.3 Å². The van der Waals surface area contributed by atoms with Gasteiger partial charge in [-0.25, -0.2) is 4.98 Å². The summed E-state index contributed by atoms with van der Waals surface area (Å²) in [6.45, 7) is 1.89. The summed E-state index contributed by atoms with van der Waals surface area (Å²) in [5, 5.41) is 2.96. The first-order valence-electron chi connectivity index (χ1n) is 7.01. The molecule has 0 saturated heterocycles. The molecule has 1 heterocycles. The maximum Gasteiger partial charge on any atom is 0.233 e. The van der Waals surface area contributed by atoms with Gasteiger partial charge in [0.05, 0.1) is 12.4 Å². The summed E-state index contributed by atoms with van der Waals surface area (Å²) in [4.78, 5) is 16.7. The van der Waals surface area contributed by atoms with E-state index in [4.69, 9.17) is 4.74 Å². The molecule has 0 saturated carbocycles. The number of rotatable bonds is 6. The molecule has 0 unspecified atom stereocenters. The average Bonchev–Trinajstić information content (AvgIpc) is 2.97. The van der Waals surface area contributed by atoms with Crippen molar-refractivity contribution in [1.29, 1.82) is 0 Å². The Bertz CT molecular complexity index is 642. The number of hydrogen-bond donors (Lipinski definition) is 1. The van der Waals surface area contributed by atoms with E-state index in [1.165, 1.54) is 11.8 Å². The van der Waals surface area contributed by atoms with Gasteiger partial charge in [0.25, 0.3) is 0 Å². The number of carbonyl (C=O) groups excluding carboxylic acids is 1. The molecular formula is C16H21N3O2S. The summed E-state index contributed by atoms with van der Waals surface area (Å²) in [6, 6.07) is 7.37. The second kappa shape index (κ2) is 7.35. The van der Waals surface area contributed by atoms with E-state index < -0.39 is 0 Å². The third-order valence-electron chi connectivity index (χ3n) is 3.55. The Morgan fingerprint density at radius 3 is 2.82 bits per heavy atom. The van der Waals surface area contributed by atoms with Crippen molar-refractivity contribution < 1.29 is 9.53 Å². The Hall–Kier alpha value is -1.95. The molecular weight excluding hydrogens is 298 g/mol. The molecule has 0 aliphatic rings. The van der Waals surface area contributed by atoms with E-state index >= 15 is 0 Å². The fourth-order valence-corrected chi connectivity index (χ4v) is 2.42. The van der Waals surface area contributed by atoms with E-state index in [0.29, 0.717) is 0 Å². The van der Waals surface area contributed by atoms with Crippen molar-refractivity contribution in [2.24, 2.45) is 7.05 Å². The van der Waals surface area contributed by atoms with Crippen LogP contribution < -0.4 is 10.1 Å². The van der Waals surface area contributed by atoms with Crippen molar-refractivity contribution in [3.63, 3.8) is 0 Å². The molecule has 5 nitrogen and oxygen atoms in total. The van der Waals surface area contributed by atoms with Gasteiger partial charge in [0, 0.05) is 19.4 Å². The zero-order valence-corrected chi connectivity index (χ0v) is 14.1. The van der Waals surface area contributed by atoms with Crippen molar-refractivity contribution >= 4 is 17.7 Å². The van der Waals surface area contributed by atoms with Crippen LogP contribution in [-0.4, -0.2) is 34.1 Å². The normalized spacial score (nSPS) is 13.5. The quantitative estimate of drug-likeness (QED) is 0.888. The highest BCUT2D eigenvalue weighted by molar-refractivity contribution is 7.99. The minimum Gasteiger partial charge on any atom is -0.497 e. The first kappa shape index (κ1) is 16.4. The number of carbonyl (C=O) groups is 1.